The fraction of sp³-hybridized carbons (Fsp3) is 0.400. The van der Waals surface area contributed by atoms with Gasteiger partial charge in [0.15, 0.2) is 0 Å². The lowest BCUT2D eigenvalue weighted by atomic mass is 10.0. The van der Waals surface area contributed by atoms with Gasteiger partial charge in [-0.05, 0) is 37.5 Å². The van der Waals surface area contributed by atoms with Gasteiger partial charge in [-0.1, -0.05) is 0 Å². The molecule has 106 valence electrons. The minimum absolute atomic E-state index is 0.0240. The van der Waals surface area contributed by atoms with Crippen LogP contribution in [0.4, 0.5) is 5.69 Å². The summed E-state index contributed by atoms with van der Waals surface area (Å²) in [7, 11) is 0. The number of nitrogen functional groups attached to an aromatic ring is 1. The maximum atomic E-state index is 12.7. The number of nitrogens with two attached hydrogens (primary N) is 1. The Morgan fingerprint density at radius 2 is 2.30 bits per heavy atom. The number of rotatable bonds is 2. The Bertz CT molecular complexity index is 635. The third-order valence-electron chi connectivity index (χ3n) is 4.03. The maximum Gasteiger partial charge on any atom is 0.256 e. The second-order valence-electron chi connectivity index (χ2n) is 5.34. The molecule has 0 bridgehead atoms. The van der Waals surface area contributed by atoms with Crippen LogP contribution in [0.2, 0.25) is 0 Å². The van der Waals surface area contributed by atoms with Gasteiger partial charge in [-0.3, -0.25) is 4.79 Å². The van der Waals surface area contributed by atoms with E-state index in [1.54, 1.807) is 11.1 Å². The largest absolute Gasteiger partial charge is 0.399 e. The molecule has 1 saturated heterocycles. The van der Waals surface area contributed by atoms with E-state index >= 15 is 0 Å². The van der Waals surface area contributed by atoms with Gasteiger partial charge in [-0.2, -0.15) is 0 Å². The zero-order valence-corrected chi connectivity index (χ0v) is 11.3. The second-order valence-corrected chi connectivity index (χ2v) is 5.34. The Labute approximate surface area is 117 Å². The second kappa shape index (κ2) is 5.17. The van der Waals surface area contributed by atoms with E-state index in [9.17, 15) is 9.90 Å². The van der Waals surface area contributed by atoms with E-state index < -0.39 is 0 Å². The number of H-pyrrole nitrogens is 1. The molecule has 0 aliphatic carbocycles. The molecule has 0 spiro atoms. The number of carbonyl (C=O) groups excluding carboxylic acids is 1. The summed E-state index contributed by atoms with van der Waals surface area (Å²) in [6.07, 6.45) is 4.66. The number of aliphatic hydroxyl groups is 1. The topological polar surface area (TPSA) is 82.4 Å². The van der Waals surface area contributed by atoms with Gasteiger partial charge in [0, 0.05) is 29.3 Å². The van der Waals surface area contributed by atoms with Crippen molar-refractivity contribution in [2.24, 2.45) is 0 Å². The summed E-state index contributed by atoms with van der Waals surface area (Å²) in [5, 5.41) is 10.3. The molecule has 0 saturated carbocycles. The van der Waals surface area contributed by atoms with Gasteiger partial charge < -0.3 is 20.7 Å². The number of nitrogens with one attached hydrogen (secondary N) is 1. The van der Waals surface area contributed by atoms with Crippen LogP contribution in [0.1, 0.15) is 29.6 Å². The fourth-order valence-corrected chi connectivity index (χ4v) is 2.93. The minimum atomic E-state index is -0.0674. The van der Waals surface area contributed by atoms with Gasteiger partial charge in [-0.15, -0.1) is 0 Å². The number of benzene rings is 1. The Balaban J connectivity index is 1.97. The van der Waals surface area contributed by atoms with E-state index in [0.29, 0.717) is 17.8 Å². The first kappa shape index (κ1) is 13.0. The molecule has 20 heavy (non-hydrogen) atoms. The lowest BCUT2D eigenvalue weighted by Crippen LogP contribution is -2.45. The normalized spacial score (nSPS) is 19.4. The number of piperidine rings is 1. The van der Waals surface area contributed by atoms with Gasteiger partial charge in [0.05, 0.1) is 18.2 Å². The highest BCUT2D eigenvalue weighted by molar-refractivity contribution is 6.07. The van der Waals surface area contributed by atoms with Crippen molar-refractivity contribution < 1.29 is 9.90 Å². The number of aromatic nitrogens is 1. The van der Waals surface area contributed by atoms with Crippen molar-refractivity contribution in [1.82, 2.24) is 9.88 Å². The van der Waals surface area contributed by atoms with Crippen molar-refractivity contribution >= 4 is 22.5 Å². The van der Waals surface area contributed by atoms with E-state index in [0.717, 1.165) is 30.2 Å². The van der Waals surface area contributed by atoms with E-state index in [1.165, 1.54) is 0 Å². The number of carbonyl (C=O) groups is 1. The van der Waals surface area contributed by atoms with Crippen molar-refractivity contribution in [2.45, 2.75) is 25.3 Å². The molecule has 1 amide bonds. The number of aliphatic hydroxyl groups excluding tert-OH is 1. The molecular weight excluding hydrogens is 254 g/mol. The number of aromatic amines is 1. The average Bonchev–Trinajstić information content (AvgIpc) is 2.89. The van der Waals surface area contributed by atoms with Gasteiger partial charge in [0.25, 0.3) is 5.91 Å². The predicted octanol–water partition coefficient (Wildman–Crippen LogP) is 1.74. The molecule has 4 N–H and O–H groups in total. The molecule has 1 aliphatic heterocycles. The van der Waals surface area contributed by atoms with Crippen molar-refractivity contribution in [3.05, 3.63) is 30.0 Å². The van der Waals surface area contributed by atoms with Crippen LogP contribution in [0, 0.1) is 0 Å². The first-order chi connectivity index (χ1) is 9.70. The van der Waals surface area contributed by atoms with E-state index in [2.05, 4.69) is 4.98 Å². The number of nitrogens with zero attached hydrogens (tertiary/aromatic N) is 1. The number of fused-ring (bicyclic) bond motifs is 1. The Morgan fingerprint density at radius 3 is 3.10 bits per heavy atom. The Morgan fingerprint density at radius 1 is 1.45 bits per heavy atom. The zero-order valence-electron chi connectivity index (χ0n) is 11.3. The van der Waals surface area contributed by atoms with Gasteiger partial charge in [0.2, 0.25) is 0 Å². The highest BCUT2D eigenvalue weighted by Crippen LogP contribution is 2.25. The van der Waals surface area contributed by atoms with Crippen LogP contribution in [-0.2, 0) is 0 Å². The first-order valence-electron chi connectivity index (χ1n) is 6.99. The van der Waals surface area contributed by atoms with E-state index in [-0.39, 0.29) is 18.6 Å². The molecule has 1 aromatic heterocycles. The summed E-state index contributed by atoms with van der Waals surface area (Å²) in [6.45, 7) is 0.731. The summed E-state index contributed by atoms with van der Waals surface area (Å²) in [5.74, 6) is -0.0272. The summed E-state index contributed by atoms with van der Waals surface area (Å²) in [4.78, 5) is 17.6. The Kier molecular flexibility index (Phi) is 3.36. The SMILES string of the molecule is Nc1ccc2[nH]cc(C(=O)N3CCCCC3CO)c2c1. The maximum absolute atomic E-state index is 12.7. The molecular formula is C15H19N3O2. The molecule has 2 aromatic rings. The number of amides is 1. The van der Waals surface area contributed by atoms with Gasteiger partial charge >= 0.3 is 0 Å². The summed E-state index contributed by atoms with van der Waals surface area (Å²) >= 11 is 0. The molecule has 3 rings (SSSR count). The molecule has 0 radical (unpaired) electrons. The van der Waals surface area contributed by atoms with Crippen LogP contribution >= 0.6 is 0 Å². The standard InChI is InChI=1S/C15H19N3O2/c16-10-4-5-14-12(7-10)13(8-17-14)15(20)18-6-2-1-3-11(18)9-19/h4-5,7-8,11,17,19H,1-3,6,9,16H2. The minimum Gasteiger partial charge on any atom is -0.399 e. The van der Waals surface area contributed by atoms with Gasteiger partial charge in [0.1, 0.15) is 0 Å². The summed E-state index contributed by atoms with van der Waals surface area (Å²) < 4.78 is 0. The van der Waals surface area contributed by atoms with E-state index in [4.69, 9.17) is 5.73 Å². The zero-order chi connectivity index (χ0) is 14.1. The predicted molar refractivity (Wildman–Crippen MR) is 78.5 cm³/mol. The molecule has 2 heterocycles. The molecule has 1 fully saturated rings. The molecule has 1 aliphatic rings. The van der Waals surface area contributed by atoms with Crippen molar-refractivity contribution in [2.75, 3.05) is 18.9 Å². The smallest absolute Gasteiger partial charge is 0.256 e. The van der Waals surface area contributed by atoms with Crippen molar-refractivity contribution in [3.63, 3.8) is 0 Å². The molecule has 5 heteroatoms. The van der Waals surface area contributed by atoms with Crippen molar-refractivity contribution in [3.8, 4) is 0 Å². The lowest BCUT2D eigenvalue weighted by Gasteiger charge is -2.34. The lowest BCUT2D eigenvalue weighted by molar-refractivity contribution is 0.0505. The van der Waals surface area contributed by atoms with Crippen LogP contribution < -0.4 is 5.73 Å². The quantitative estimate of drug-likeness (QED) is 0.729. The van der Waals surface area contributed by atoms with Crippen LogP contribution in [0.25, 0.3) is 10.9 Å². The molecule has 1 aromatic carbocycles. The Hall–Kier alpha value is -2.01. The number of hydrogen-bond acceptors (Lipinski definition) is 3. The van der Waals surface area contributed by atoms with Crippen LogP contribution in [-0.4, -0.2) is 40.1 Å². The molecule has 1 atom stereocenters. The fourth-order valence-electron chi connectivity index (χ4n) is 2.93. The average molecular weight is 273 g/mol. The van der Waals surface area contributed by atoms with Crippen LogP contribution in [0.5, 0.6) is 0 Å². The van der Waals surface area contributed by atoms with Crippen molar-refractivity contribution in [1.29, 1.82) is 0 Å². The molecule has 5 nitrogen and oxygen atoms in total. The molecule has 1 unspecified atom stereocenters. The monoisotopic (exact) mass is 273 g/mol. The third kappa shape index (κ3) is 2.14. The van der Waals surface area contributed by atoms with Crippen LogP contribution in [0.15, 0.2) is 24.4 Å². The highest BCUT2D eigenvalue weighted by atomic mass is 16.3. The third-order valence-corrected chi connectivity index (χ3v) is 4.03. The number of anilines is 1. The van der Waals surface area contributed by atoms with E-state index in [1.807, 2.05) is 18.2 Å². The highest BCUT2D eigenvalue weighted by Gasteiger charge is 2.28. The van der Waals surface area contributed by atoms with Gasteiger partial charge in [-0.25, -0.2) is 0 Å². The van der Waals surface area contributed by atoms with Crippen LogP contribution in [0.3, 0.4) is 0 Å². The summed E-state index contributed by atoms with van der Waals surface area (Å²) in [5.41, 5.74) is 7.98. The summed E-state index contributed by atoms with van der Waals surface area (Å²) in [6, 6.07) is 5.44. The first-order valence-corrected chi connectivity index (χ1v) is 6.99. The number of likely N-dealkylation sites (tertiary alicyclic amines) is 1. The number of hydrogen-bond donors (Lipinski definition) is 3.